The van der Waals surface area contributed by atoms with Crippen LogP contribution in [-0.4, -0.2) is 35.9 Å². The van der Waals surface area contributed by atoms with E-state index in [1.165, 1.54) is 6.20 Å². The van der Waals surface area contributed by atoms with Crippen LogP contribution in [0, 0.1) is 0 Å². The number of hydrogen-bond acceptors (Lipinski definition) is 5. The summed E-state index contributed by atoms with van der Waals surface area (Å²) in [4.78, 5) is 12.1. The van der Waals surface area contributed by atoms with Gasteiger partial charge < -0.3 is 5.32 Å². The first-order valence-corrected chi connectivity index (χ1v) is 6.26. The summed E-state index contributed by atoms with van der Waals surface area (Å²) in [5.74, 6) is 0.420. The second-order valence-electron chi connectivity index (χ2n) is 4.56. The summed E-state index contributed by atoms with van der Waals surface area (Å²) in [5.41, 5.74) is 2.00. The van der Waals surface area contributed by atoms with E-state index in [2.05, 4.69) is 25.9 Å². The zero-order valence-electron chi connectivity index (χ0n) is 11.6. The van der Waals surface area contributed by atoms with E-state index in [9.17, 15) is 4.79 Å². The predicted molar refractivity (Wildman–Crippen MR) is 75.4 cm³/mol. The smallest absolute Gasteiger partial charge is 0.258 e. The van der Waals surface area contributed by atoms with Gasteiger partial charge in [-0.15, -0.1) is 5.10 Å². The Bertz CT molecular complexity index is 789. The molecule has 3 rings (SSSR count). The average molecular weight is 283 g/mol. The lowest BCUT2D eigenvalue weighted by molar-refractivity contribution is 0.102. The zero-order chi connectivity index (χ0) is 14.8. The van der Waals surface area contributed by atoms with Gasteiger partial charge in [0, 0.05) is 31.5 Å². The highest BCUT2D eigenvalue weighted by atomic mass is 16.1. The topological polar surface area (TPSA) is 90.5 Å². The predicted octanol–water partition coefficient (Wildman–Crippen LogP) is 0.863. The number of anilines is 1. The molecule has 1 amide bonds. The van der Waals surface area contributed by atoms with Gasteiger partial charge in [-0.05, 0) is 22.6 Å². The van der Waals surface area contributed by atoms with Crippen molar-refractivity contribution in [2.45, 2.75) is 0 Å². The van der Waals surface area contributed by atoms with Crippen LogP contribution in [0.2, 0.25) is 0 Å². The Morgan fingerprint density at radius 1 is 1.29 bits per heavy atom. The maximum absolute atomic E-state index is 12.1. The Labute approximate surface area is 120 Å². The number of tetrazole rings is 1. The SMILES string of the molecule is Cn1cc(C(=O)Nc2cccc(-c3nnnn3C)c2)cn1. The number of aryl methyl sites for hydroxylation is 2. The lowest BCUT2D eigenvalue weighted by Gasteiger charge is -2.05. The molecule has 1 aromatic carbocycles. The van der Waals surface area contributed by atoms with Crippen LogP contribution in [0.4, 0.5) is 5.69 Å². The van der Waals surface area contributed by atoms with Gasteiger partial charge in [-0.25, -0.2) is 4.68 Å². The Morgan fingerprint density at radius 2 is 2.14 bits per heavy atom. The summed E-state index contributed by atoms with van der Waals surface area (Å²) in [6.45, 7) is 0. The molecule has 0 fully saturated rings. The molecule has 0 radical (unpaired) electrons. The van der Waals surface area contributed by atoms with Crippen LogP contribution < -0.4 is 5.32 Å². The van der Waals surface area contributed by atoms with Gasteiger partial charge >= 0.3 is 0 Å². The van der Waals surface area contributed by atoms with Crippen molar-refractivity contribution in [1.82, 2.24) is 30.0 Å². The van der Waals surface area contributed by atoms with Crippen LogP contribution in [0.5, 0.6) is 0 Å². The maximum atomic E-state index is 12.1. The van der Waals surface area contributed by atoms with Crippen molar-refractivity contribution in [2.24, 2.45) is 14.1 Å². The number of benzene rings is 1. The normalized spacial score (nSPS) is 10.6. The van der Waals surface area contributed by atoms with Crippen LogP contribution in [0.1, 0.15) is 10.4 Å². The molecule has 0 aliphatic heterocycles. The molecule has 0 unspecified atom stereocenters. The summed E-state index contributed by atoms with van der Waals surface area (Å²) in [6.07, 6.45) is 3.18. The highest BCUT2D eigenvalue weighted by Crippen LogP contribution is 2.19. The Kier molecular flexibility index (Phi) is 3.19. The van der Waals surface area contributed by atoms with Crippen LogP contribution in [-0.2, 0) is 14.1 Å². The molecule has 8 nitrogen and oxygen atoms in total. The number of carbonyl (C=O) groups excluding carboxylic acids is 1. The molecule has 0 spiro atoms. The number of nitrogens with one attached hydrogen (secondary N) is 1. The highest BCUT2D eigenvalue weighted by Gasteiger charge is 2.10. The van der Waals surface area contributed by atoms with Gasteiger partial charge in [0.2, 0.25) is 0 Å². The molecule has 0 saturated carbocycles. The van der Waals surface area contributed by atoms with E-state index in [0.29, 0.717) is 17.1 Å². The third kappa shape index (κ3) is 2.64. The Morgan fingerprint density at radius 3 is 2.81 bits per heavy atom. The maximum Gasteiger partial charge on any atom is 0.258 e. The number of amides is 1. The molecule has 0 aliphatic rings. The van der Waals surface area contributed by atoms with Crippen molar-refractivity contribution in [2.75, 3.05) is 5.32 Å². The molecule has 106 valence electrons. The summed E-state index contributed by atoms with van der Waals surface area (Å²) in [6, 6.07) is 7.34. The van der Waals surface area contributed by atoms with Gasteiger partial charge in [-0.1, -0.05) is 12.1 Å². The molecule has 2 heterocycles. The summed E-state index contributed by atoms with van der Waals surface area (Å²) >= 11 is 0. The fourth-order valence-electron chi connectivity index (χ4n) is 1.95. The van der Waals surface area contributed by atoms with Gasteiger partial charge in [0.05, 0.1) is 11.8 Å². The van der Waals surface area contributed by atoms with E-state index in [1.54, 1.807) is 29.7 Å². The molecule has 3 aromatic rings. The van der Waals surface area contributed by atoms with Crippen molar-refractivity contribution in [3.05, 3.63) is 42.2 Å². The van der Waals surface area contributed by atoms with Gasteiger partial charge in [0.25, 0.3) is 5.91 Å². The highest BCUT2D eigenvalue weighted by molar-refractivity contribution is 6.04. The number of hydrogen-bond donors (Lipinski definition) is 1. The molecule has 0 atom stereocenters. The second-order valence-corrected chi connectivity index (χ2v) is 4.56. The largest absolute Gasteiger partial charge is 0.322 e. The molecule has 0 aliphatic carbocycles. The van der Waals surface area contributed by atoms with Gasteiger partial charge in [-0.3, -0.25) is 9.48 Å². The summed E-state index contributed by atoms with van der Waals surface area (Å²) in [7, 11) is 3.52. The summed E-state index contributed by atoms with van der Waals surface area (Å²) < 4.78 is 3.15. The van der Waals surface area contributed by atoms with E-state index >= 15 is 0 Å². The van der Waals surface area contributed by atoms with Crippen LogP contribution in [0.3, 0.4) is 0 Å². The lowest BCUT2D eigenvalue weighted by Crippen LogP contribution is -2.11. The van der Waals surface area contributed by atoms with E-state index < -0.39 is 0 Å². The number of nitrogens with zero attached hydrogens (tertiary/aromatic N) is 6. The number of rotatable bonds is 3. The van der Waals surface area contributed by atoms with Crippen LogP contribution >= 0.6 is 0 Å². The Hall–Kier alpha value is -3.03. The van der Waals surface area contributed by atoms with E-state index in [0.717, 1.165) is 5.56 Å². The fourth-order valence-corrected chi connectivity index (χ4v) is 1.95. The van der Waals surface area contributed by atoms with Crippen molar-refractivity contribution in [3.8, 4) is 11.4 Å². The van der Waals surface area contributed by atoms with Crippen molar-refractivity contribution in [3.63, 3.8) is 0 Å². The molecule has 2 aromatic heterocycles. The van der Waals surface area contributed by atoms with Gasteiger partial charge in [0.15, 0.2) is 5.82 Å². The molecule has 8 heteroatoms. The minimum Gasteiger partial charge on any atom is -0.322 e. The van der Waals surface area contributed by atoms with E-state index in [-0.39, 0.29) is 5.91 Å². The first-order valence-electron chi connectivity index (χ1n) is 6.26. The molecular formula is C13H13N7O. The van der Waals surface area contributed by atoms with Gasteiger partial charge in [0.1, 0.15) is 0 Å². The van der Waals surface area contributed by atoms with Gasteiger partial charge in [-0.2, -0.15) is 5.10 Å². The lowest BCUT2D eigenvalue weighted by atomic mass is 10.2. The minimum absolute atomic E-state index is 0.212. The summed E-state index contributed by atoms with van der Waals surface area (Å²) in [5, 5.41) is 18.1. The standard InChI is InChI=1S/C13H13N7O/c1-19-8-10(7-14-19)13(21)15-11-5-3-4-9(6-11)12-16-17-18-20(12)2/h3-8H,1-2H3,(H,15,21). The van der Waals surface area contributed by atoms with Crippen LogP contribution in [0.25, 0.3) is 11.4 Å². The fraction of sp³-hybridized carbons (Fsp3) is 0.154. The quantitative estimate of drug-likeness (QED) is 0.770. The third-order valence-corrected chi connectivity index (χ3v) is 2.97. The molecule has 0 saturated heterocycles. The first kappa shape index (κ1) is 13.0. The molecule has 1 N–H and O–H groups in total. The monoisotopic (exact) mass is 283 g/mol. The van der Waals surface area contributed by atoms with Crippen molar-refractivity contribution in [1.29, 1.82) is 0 Å². The van der Waals surface area contributed by atoms with E-state index in [4.69, 9.17) is 0 Å². The first-order chi connectivity index (χ1) is 10.1. The van der Waals surface area contributed by atoms with E-state index in [1.807, 2.05) is 24.3 Å². The molecule has 0 bridgehead atoms. The third-order valence-electron chi connectivity index (χ3n) is 2.97. The number of aromatic nitrogens is 6. The minimum atomic E-state index is -0.212. The van der Waals surface area contributed by atoms with Crippen LogP contribution in [0.15, 0.2) is 36.7 Å². The Balaban J connectivity index is 1.84. The molecular weight excluding hydrogens is 270 g/mol. The zero-order valence-corrected chi connectivity index (χ0v) is 11.6. The average Bonchev–Trinajstić information content (AvgIpc) is 3.08. The van der Waals surface area contributed by atoms with Crippen molar-refractivity contribution >= 4 is 11.6 Å². The number of carbonyl (C=O) groups is 1. The second kappa shape index (κ2) is 5.16. The van der Waals surface area contributed by atoms with Crippen molar-refractivity contribution < 1.29 is 4.79 Å². The molecule has 21 heavy (non-hydrogen) atoms.